The summed E-state index contributed by atoms with van der Waals surface area (Å²) in [6.07, 6.45) is 9.40. The average molecular weight is 564 g/mol. The maximum absolute atomic E-state index is 13.8. The number of carbonyl (C=O) groups is 2. The van der Waals surface area contributed by atoms with Crippen molar-refractivity contribution in [1.29, 1.82) is 0 Å². The number of nitrogens with zero attached hydrogens (tertiary/aromatic N) is 1. The minimum Gasteiger partial charge on any atom is -0.469 e. The molecule has 6 aliphatic rings. The molecule has 2 unspecified atom stereocenters. The van der Waals surface area contributed by atoms with E-state index in [9.17, 15) is 18.4 Å². The van der Waals surface area contributed by atoms with E-state index < -0.39 is 17.6 Å². The normalized spacial score (nSPS) is 35.6. The Morgan fingerprint density at radius 1 is 1.18 bits per heavy atom. The molecular formula is C29H39F2N3O4S. The minimum atomic E-state index is -2.76. The molecule has 4 bridgehead atoms. The van der Waals surface area contributed by atoms with Gasteiger partial charge >= 0.3 is 12.6 Å². The van der Waals surface area contributed by atoms with Gasteiger partial charge in [-0.2, -0.15) is 8.78 Å². The molecule has 39 heavy (non-hydrogen) atoms. The smallest absolute Gasteiger partial charge is 0.345 e. The van der Waals surface area contributed by atoms with Crippen LogP contribution < -0.4 is 10.6 Å². The summed E-state index contributed by atoms with van der Waals surface area (Å²) in [6.45, 7) is -1.32. The van der Waals surface area contributed by atoms with Gasteiger partial charge in [0.2, 0.25) is 0 Å². The Labute approximate surface area is 232 Å². The molecule has 1 aromatic heterocycles. The zero-order valence-corrected chi connectivity index (χ0v) is 23.4. The highest BCUT2D eigenvalue weighted by Gasteiger charge is 2.57. The second kappa shape index (κ2) is 10.9. The van der Waals surface area contributed by atoms with E-state index in [-0.39, 0.29) is 36.2 Å². The molecule has 3 atom stereocenters. The van der Waals surface area contributed by atoms with Crippen molar-refractivity contribution < 1.29 is 27.8 Å². The monoisotopic (exact) mass is 563 g/mol. The lowest BCUT2D eigenvalue weighted by atomic mass is 9.52. The first kappa shape index (κ1) is 27.4. The molecule has 7 rings (SSSR count). The van der Waals surface area contributed by atoms with Crippen LogP contribution in [-0.2, 0) is 19.7 Å². The predicted molar refractivity (Wildman–Crippen MR) is 143 cm³/mol. The number of ether oxygens (including phenoxy) is 2. The van der Waals surface area contributed by atoms with Gasteiger partial charge in [0, 0.05) is 28.9 Å². The Morgan fingerprint density at radius 3 is 2.56 bits per heavy atom. The highest BCUT2D eigenvalue weighted by Crippen LogP contribution is 2.57. The molecule has 6 fully saturated rings. The fraction of sp³-hybridized carbons (Fsp3) is 0.759. The van der Waals surface area contributed by atoms with Crippen LogP contribution in [0.4, 0.5) is 8.78 Å². The van der Waals surface area contributed by atoms with E-state index >= 15 is 0 Å². The van der Waals surface area contributed by atoms with Crippen LogP contribution in [0.3, 0.4) is 0 Å². The van der Waals surface area contributed by atoms with Crippen LogP contribution in [0.5, 0.6) is 0 Å². The van der Waals surface area contributed by atoms with Crippen molar-refractivity contribution in [3.63, 3.8) is 0 Å². The molecule has 5 aliphatic carbocycles. The summed E-state index contributed by atoms with van der Waals surface area (Å²) in [5.74, 6) is 0.315. The van der Waals surface area contributed by atoms with E-state index in [1.54, 1.807) is 11.8 Å². The molecule has 1 saturated heterocycles. The number of carbonyl (C=O) groups excluding carboxylic acids is 2. The Morgan fingerprint density at radius 2 is 1.92 bits per heavy atom. The number of amides is 1. The molecule has 0 aromatic carbocycles. The third kappa shape index (κ3) is 5.45. The number of alkyl halides is 2. The molecule has 1 amide bonds. The van der Waals surface area contributed by atoms with E-state index in [4.69, 9.17) is 14.5 Å². The maximum atomic E-state index is 13.8. The number of hydrogen-bond donors (Lipinski definition) is 2. The number of hydrogen-bond acceptors (Lipinski definition) is 7. The summed E-state index contributed by atoms with van der Waals surface area (Å²) < 4.78 is 36.6. The summed E-state index contributed by atoms with van der Waals surface area (Å²) in [4.78, 5) is 31.2. The number of rotatable bonds is 9. The van der Waals surface area contributed by atoms with Crippen LogP contribution in [0.15, 0.2) is 17.2 Å². The number of halogens is 2. The van der Waals surface area contributed by atoms with E-state index in [0.717, 1.165) is 49.4 Å². The fourth-order valence-electron chi connectivity index (χ4n) is 8.46. The second-order valence-electron chi connectivity index (χ2n) is 12.6. The van der Waals surface area contributed by atoms with Gasteiger partial charge in [-0.3, -0.25) is 9.59 Å². The summed E-state index contributed by atoms with van der Waals surface area (Å²) in [5.41, 5.74) is 0.216. The lowest BCUT2D eigenvalue weighted by molar-refractivity contribution is -0.260. The zero-order chi connectivity index (χ0) is 27.2. The summed E-state index contributed by atoms with van der Waals surface area (Å²) in [6, 6.07) is 3.76. The van der Waals surface area contributed by atoms with Crippen LogP contribution in [0.2, 0.25) is 0 Å². The minimum absolute atomic E-state index is 0.0304. The first-order valence-corrected chi connectivity index (χ1v) is 15.4. The Balaban J connectivity index is 1.25. The van der Waals surface area contributed by atoms with Gasteiger partial charge in [-0.05, 0) is 87.8 Å². The van der Waals surface area contributed by atoms with Crippen LogP contribution >= 0.6 is 11.8 Å². The first-order valence-electron chi connectivity index (χ1n) is 14.5. The molecule has 5 saturated carbocycles. The van der Waals surface area contributed by atoms with E-state index in [0.29, 0.717) is 42.5 Å². The van der Waals surface area contributed by atoms with Crippen molar-refractivity contribution in [2.24, 2.45) is 17.8 Å². The van der Waals surface area contributed by atoms with E-state index in [1.807, 2.05) is 12.1 Å². The third-order valence-corrected chi connectivity index (χ3v) is 11.4. The van der Waals surface area contributed by atoms with Crippen molar-refractivity contribution in [3.8, 4) is 0 Å². The lowest BCUT2D eigenvalue weighted by Crippen LogP contribution is -2.62. The molecule has 1 aromatic rings. The van der Waals surface area contributed by atoms with Crippen LogP contribution in [0.1, 0.15) is 86.7 Å². The summed E-state index contributed by atoms with van der Waals surface area (Å²) in [7, 11) is 1.41. The van der Waals surface area contributed by atoms with Crippen molar-refractivity contribution in [2.45, 2.75) is 105 Å². The standard InChI is InChI=1S/C29H39F2N3O4S/c1-37-23(35)15-28(8-9-32-16-28)22-7-6-21(26(33-22)39-20-4-2-3-5-20)25(36)34-24-18-10-17-11-19(24)14-29(12-17,13-18)38-27(30)31/h6-7,17-20,24,27,32H,2-5,8-16H2,1H3,(H,34,36)/t17?,18?,19?,24?,28-,29?/m0/s1. The zero-order valence-electron chi connectivity index (χ0n) is 22.6. The molecule has 2 heterocycles. The van der Waals surface area contributed by atoms with Crippen LogP contribution in [0.25, 0.3) is 0 Å². The fourth-order valence-corrected chi connectivity index (χ4v) is 9.79. The van der Waals surface area contributed by atoms with Crippen LogP contribution in [0, 0.1) is 17.8 Å². The number of methoxy groups -OCH3 is 1. The SMILES string of the molecule is COC(=O)C[C@@]1(c2ccc(C(=O)NC3C4CC5CC3CC(OC(F)F)(C5)C4)c(SC3CCCC3)n2)CCNC1. The van der Waals surface area contributed by atoms with Crippen molar-refractivity contribution in [2.75, 3.05) is 20.2 Å². The van der Waals surface area contributed by atoms with Gasteiger partial charge in [0.05, 0.1) is 24.7 Å². The maximum Gasteiger partial charge on any atom is 0.345 e. The molecule has 10 heteroatoms. The highest BCUT2D eigenvalue weighted by molar-refractivity contribution is 7.99. The average Bonchev–Trinajstić information content (AvgIpc) is 3.58. The molecule has 7 nitrogen and oxygen atoms in total. The molecule has 0 radical (unpaired) electrons. The highest BCUT2D eigenvalue weighted by atomic mass is 32.2. The quantitative estimate of drug-likeness (QED) is 0.416. The number of pyridine rings is 1. The van der Waals surface area contributed by atoms with Gasteiger partial charge in [0.1, 0.15) is 5.03 Å². The van der Waals surface area contributed by atoms with Crippen molar-refractivity contribution in [3.05, 3.63) is 23.4 Å². The predicted octanol–water partition coefficient (Wildman–Crippen LogP) is 4.83. The van der Waals surface area contributed by atoms with E-state index in [2.05, 4.69) is 10.6 Å². The Hall–Kier alpha value is -1.78. The summed E-state index contributed by atoms with van der Waals surface area (Å²) in [5, 5.41) is 7.86. The topological polar surface area (TPSA) is 89.6 Å². The van der Waals surface area contributed by atoms with Gasteiger partial charge in [0.15, 0.2) is 0 Å². The second-order valence-corrected chi connectivity index (χ2v) is 13.9. The van der Waals surface area contributed by atoms with Gasteiger partial charge in [-0.15, -0.1) is 11.8 Å². The van der Waals surface area contributed by atoms with Gasteiger partial charge in [-0.1, -0.05) is 12.8 Å². The Kier molecular flexibility index (Phi) is 7.65. The largest absolute Gasteiger partial charge is 0.469 e. The van der Waals surface area contributed by atoms with Gasteiger partial charge < -0.3 is 20.1 Å². The van der Waals surface area contributed by atoms with Crippen molar-refractivity contribution in [1.82, 2.24) is 15.6 Å². The number of thioether (sulfide) groups is 1. The van der Waals surface area contributed by atoms with Gasteiger partial charge in [-0.25, -0.2) is 4.98 Å². The third-order valence-electron chi connectivity index (χ3n) is 10.0. The van der Waals surface area contributed by atoms with Crippen molar-refractivity contribution >= 4 is 23.6 Å². The molecule has 0 spiro atoms. The van der Waals surface area contributed by atoms with Crippen LogP contribution in [-0.4, -0.2) is 60.6 Å². The molecular weight excluding hydrogens is 524 g/mol. The molecule has 214 valence electrons. The molecule has 1 aliphatic heterocycles. The van der Waals surface area contributed by atoms with Gasteiger partial charge in [0.25, 0.3) is 5.91 Å². The molecule has 2 N–H and O–H groups in total. The lowest BCUT2D eigenvalue weighted by Gasteiger charge is -2.59. The number of nitrogens with one attached hydrogen (secondary N) is 2. The summed E-state index contributed by atoms with van der Waals surface area (Å²) >= 11 is 1.69. The van der Waals surface area contributed by atoms with E-state index in [1.165, 1.54) is 20.0 Å². The number of aromatic nitrogens is 1. The number of esters is 1. The Bertz CT molecular complexity index is 1070. The first-order chi connectivity index (χ1) is 18.8.